The maximum Gasteiger partial charge on any atom is 0.305 e. The van der Waals surface area contributed by atoms with E-state index in [-0.39, 0.29) is 18.6 Å². The molecule has 0 unspecified atom stereocenters. The summed E-state index contributed by atoms with van der Waals surface area (Å²) >= 11 is 3.20. The van der Waals surface area contributed by atoms with Crippen molar-refractivity contribution in [3.05, 3.63) is 22.4 Å². The van der Waals surface area contributed by atoms with Crippen LogP contribution in [0, 0.1) is 6.92 Å². The summed E-state index contributed by atoms with van der Waals surface area (Å²) in [4.78, 5) is 15.0. The van der Waals surface area contributed by atoms with Crippen molar-refractivity contribution in [3.8, 4) is 0 Å². The second-order valence-corrected chi connectivity index (χ2v) is 6.52. The van der Waals surface area contributed by atoms with Crippen LogP contribution in [0.15, 0.2) is 16.7 Å². The molecule has 0 aliphatic heterocycles. The predicted molar refractivity (Wildman–Crippen MR) is 75.3 cm³/mol. The summed E-state index contributed by atoms with van der Waals surface area (Å²) in [6.07, 6.45) is 0.292. The number of carbonyl (C=O) groups is 1. The molecule has 0 saturated heterocycles. The minimum atomic E-state index is -3.49. The number of ether oxygens (including phenoxy) is 1. The van der Waals surface area contributed by atoms with Crippen LogP contribution >= 0.6 is 15.9 Å². The lowest BCUT2D eigenvalue weighted by molar-refractivity contribution is -0.140. The Morgan fingerprint density at radius 2 is 2.16 bits per heavy atom. The van der Waals surface area contributed by atoms with E-state index in [1.54, 1.807) is 19.1 Å². The van der Waals surface area contributed by atoms with E-state index in [2.05, 4.69) is 30.4 Å². The molecule has 1 heterocycles. The van der Waals surface area contributed by atoms with Gasteiger partial charge in [0.1, 0.15) is 4.60 Å². The number of rotatable bonds is 6. The average molecular weight is 351 g/mol. The van der Waals surface area contributed by atoms with Crippen LogP contribution in [0.25, 0.3) is 0 Å². The number of esters is 1. The van der Waals surface area contributed by atoms with Gasteiger partial charge in [-0.1, -0.05) is 0 Å². The SMILES string of the molecule is COC(=O)CCCS(=O)(=O)Nc1ccc(Br)nc1C. The Bertz CT molecular complexity index is 560. The van der Waals surface area contributed by atoms with Crippen LogP contribution in [0.1, 0.15) is 18.5 Å². The van der Waals surface area contributed by atoms with Gasteiger partial charge in [0.25, 0.3) is 0 Å². The maximum absolute atomic E-state index is 11.8. The molecule has 0 bridgehead atoms. The monoisotopic (exact) mass is 350 g/mol. The minimum Gasteiger partial charge on any atom is -0.469 e. The van der Waals surface area contributed by atoms with Crippen molar-refractivity contribution >= 4 is 37.6 Å². The minimum absolute atomic E-state index is 0.0784. The van der Waals surface area contributed by atoms with Crippen LogP contribution in [0.4, 0.5) is 5.69 Å². The van der Waals surface area contributed by atoms with Crippen molar-refractivity contribution < 1.29 is 17.9 Å². The Hall–Kier alpha value is -1.15. The molecule has 0 amide bonds. The molecule has 8 heteroatoms. The van der Waals surface area contributed by atoms with Crippen molar-refractivity contribution in [2.24, 2.45) is 0 Å². The van der Waals surface area contributed by atoms with E-state index in [1.807, 2.05) is 0 Å². The number of nitrogens with one attached hydrogen (secondary N) is 1. The van der Waals surface area contributed by atoms with E-state index < -0.39 is 16.0 Å². The van der Waals surface area contributed by atoms with Gasteiger partial charge in [-0.3, -0.25) is 9.52 Å². The van der Waals surface area contributed by atoms with Crippen molar-refractivity contribution in [2.45, 2.75) is 19.8 Å². The van der Waals surface area contributed by atoms with Crippen LogP contribution in [0.2, 0.25) is 0 Å². The zero-order chi connectivity index (χ0) is 14.5. The predicted octanol–water partition coefficient (Wildman–Crippen LogP) is 1.85. The number of anilines is 1. The zero-order valence-electron chi connectivity index (χ0n) is 10.6. The fourth-order valence-corrected chi connectivity index (χ4v) is 2.94. The van der Waals surface area contributed by atoms with Crippen LogP contribution in [0.3, 0.4) is 0 Å². The van der Waals surface area contributed by atoms with Gasteiger partial charge in [-0.05, 0) is 41.4 Å². The highest BCUT2D eigenvalue weighted by atomic mass is 79.9. The van der Waals surface area contributed by atoms with E-state index in [0.717, 1.165) is 0 Å². The molecule has 106 valence electrons. The molecule has 19 heavy (non-hydrogen) atoms. The first-order chi connectivity index (χ1) is 8.84. The van der Waals surface area contributed by atoms with Gasteiger partial charge in [-0.15, -0.1) is 0 Å². The number of nitrogens with zero attached hydrogens (tertiary/aromatic N) is 1. The molecule has 0 spiro atoms. The first-order valence-corrected chi connectivity index (χ1v) is 7.99. The zero-order valence-corrected chi connectivity index (χ0v) is 13.0. The first-order valence-electron chi connectivity index (χ1n) is 5.54. The standard InChI is InChI=1S/C11H15BrN2O4S/c1-8-9(5-6-10(12)13-8)14-19(16,17)7-3-4-11(15)18-2/h5-6,14H,3-4,7H2,1-2H3. The molecule has 0 fully saturated rings. The average Bonchev–Trinajstić information content (AvgIpc) is 2.32. The highest BCUT2D eigenvalue weighted by molar-refractivity contribution is 9.10. The molecule has 0 aromatic carbocycles. The Morgan fingerprint density at radius 3 is 2.74 bits per heavy atom. The van der Waals surface area contributed by atoms with E-state index in [9.17, 15) is 13.2 Å². The van der Waals surface area contributed by atoms with E-state index in [4.69, 9.17) is 0 Å². The first kappa shape index (κ1) is 15.9. The third-order valence-electron chi connectivity index (χ3n) is 2.34. The summed E-state index contributed by atoms with van der Waals surface area (Å²) in [5.74, 6) is -0.561. The van der Waals surface area contributed by atoms with Crippen LogP contribution in [-0.4, -0.2) is 32.2 Å². The molecular formula is C11H15BrN2O4S. The topological polar surface area (TPSA) is 85.4 Å². The molecule has 1 rings (SSSR count). The summed E-state index contributed by atoms with van der Waals surface area (Å²) in [5, 5.41) is 0. The molecule has 0 atom stereocenters. The fraction of sp³-hybridized carbons (Fsp3) is 0.455. The Balaban J connectivity index is 2.61. The van der Waals surface area contributed by atoms with Crippen LogP contribution < -0.4 is 4.72 Å². The molecular weight excluding hydrogens is 336 g/mol. The van der Waals surface area contributed by atoms with Gasteiger partial charge in [-0.25, -0.2) is 13.4 Å². The van der Waals surface area contributed by atoms with Crippen molar-refractivity contribution in [1.82, 2.24) is 4.98 Å². The molecule has 1 aromatic rings. The third-order valence-corrected chi connectivity index (χ3v) is 4.14. The summed E-state index contributed by atoms with van der Waals surface area (Å²) < 4.78 is 31.1. The number of carbonyl (C=O) groups excluding carboxylic acids is 1. The van der Waals surface area contributed by atoms with Crippen molar-refractivity contribution in [2.75, 3.05) is 17.6 Å². The van der Waals surface area contributed by atoms with Gasteiger partial charge in [0.2, 0.25) is 10.0 Å². The number of methoxy groups -OCH3 is 1. The van der Waals surface area contributed by atoms with Gasteiger partial charge >= 0.3 is 5.97 Å². The molecule has 6 nitrogen and oxygen atoms in total. The molecule has 0 aliphatic rings. The number of aromatic nitrogens is 1. The van der Waals surface area contributed by atoms with E-state index >= 15 is 0 Å². The van der Waals surface area contributed by atoms with E-state index in [1.165, 1.54) is 7.11 Å². The van der Waals surface area contributed by atoms with Gasteiger partial charge in [-0.2, -0.15) is 0 Å². The highest BCUT2D eigenvalue weighted by Gasteiger charge is 2.13. The largest absolute Gasteiger partial charge is 0.469 e. The highest BCUT2D eigenvalue weighted by Crippen LogP contribution is 2.17. The molecule has 0 saturated carbocycles. The van der Waals surface area contributed by atoms with Crippen LogP contribution in [0.5, 0.6) is 0 Å². The fourth-order valence-electron chi connectivity index (χ4n) is 1.37. The lowest BCUT2D eigenvalue weighted by Crippen LogP contribution is -2.18. The van der Waals surface area contributed by atoms with Gasteiger partial charge in [0, 0.05) is 6.42 Å². The Labute approximate surface area is 120 Å². The molecule has 0 aliphatic carbocycles. The normalized spacial score (nSPS) is 11.1. The van der Waals surface area contributed by atoms with Crippen LogP contribution in [-0.2, 0) is 19.6 Å². The Morgan fingerprint density at radius 1 is 1.47 bits per heavy atom. The number of hydrogen-bond donors (Lipinski definition) is 1. The summed E-state index contributed by atoms with van der Waals surface area (Å²) in [6.45, 7) is 1.71. The molecule has 1 aromatic heterocycles. The van der Waals surface area contributed by atoms with Gasteiger partial charge < -0.3 is 4.74 Å². The van der Waals surface area contributed by atoms with Gasteiger partial charge in [0.05, 0.1) is 24.2 Å². The molecule has 1 N–H and O–H groups in total. The maximum atomic E-state index is 11.8. The van der Waals surface area contributed by atoms with Crippen molar-refractivity contribution in [1.29, 1.82) is 0 Å². The number of aryl methyl sites for hydroxylation is 1. The number of pyridine rings is 1. The van der Waals surface area contributed by atoms with E-state index in [0.29, 0.717) is 16.0 Å². The third kappa shape index (κ3) is 5.56. The molecule has 0 radical (unpaired) electrons. The Kier molecular flexibility index (Phi) is 5.74. The summed E-state index contributed by atoms with van der Waals surface area (Å²) in [6, 6.07) is 3.28. The number of hydrogen-bond acceptors (Lipinski definition) is 5. The second-order valence-electron chi connectivity index (χ2n) is 3.87. The number of sulfonamides is 1. The lowest BCUT2D eigenvalue weighted by atomic mass is 10.3. The summed E-state index contributed by atoms with van der Waals surface area (Å²) in [5.41, 5.74) is 1.01. The summed E-state index contributed by atoms with van der Waals surface area (Å²) in [7, 11) is -2.22. The quantitative estimate of drug-likeness (QED) is 0.624. The van der Waals surface area contributed by atoms with Gasteiger partial charge in [0.15, 0.2) is 0 Å². The lowest BCUT2D eigenvalue weighted by Gasteiger charge is -2.09. The number of halogens is 1. The second kappa shape index (κ2) is 6.85. The van der Waals surface area contributed by atoms with Crippen molar-refractivity contribution in [3.63, 3.8) is 0 Å². The smallest absolute Gasteiger partial charge is 0.305 e.